The second kappa shape index (κ2) is 8.30. The molecule has 0 saturated heterocycles. The minimum atomic E-state index is -0.123. The van der Waals surface area contributed by atoms with E-state index in [-0.39, 0.29) is 11.9 Å². The van der Waals surface area contributed by atoms with Crippen molar-refractivity contribution >= 4 is 23.3 Å². The number of benzene rings is 3. The molecule has 1 atom stereocenters. The van der Waals surface area contributed by atoms with Crippen LogP contribution in [0.2, 0.25) is 5.02 Å². The van der Waals surface area contributed by atoms with Gasteiger partial charge in [0.15, 0.2) is 0 Å². The van der Waals surface area contributed by atoms with Crippen molar-refractivity contribution < 1.29 is 4.79 Å². The highest BCUT2D eigenvalue weighted by Gasteiger charge is 2.24. The fraction of sp³-hybridized carbons (Fsp3) is 0.240. The summed E-state index contributed by atoms with van der Waals surface area (Å²) in [6, 6.07) is 23.1. The molecule has 4 heteroatoms. The number of rotatable bonds is 3. The minimum absolute atomic E-state index is 0.123. The third-order valence-electron chi connectivity index (χ3n) is 5.60. The first-order valence-electron chi connectivity index (χ1n) is 9.94. The molecule has 0 aromatic heterocycles. The number of halogens is 1. The number of carbonyl (C=O) groups is 1. The summed E-state index contributed by atoms with van der Waals surface area (Å²) < 4.78 is 0. The van der Waals surface area contributed by atoms with E-state index in [0.29, 0.717) is 0 Å². The van der Waals surface area contributed by atoms with Gasteiger partial charge in [-0.2, -0.15) is 0 Å². The van der Waals surface area contributed by atoms with Gasteiger partial charge in [0.05, 0.1) is 0 Å². The first-order valence-corrected chi connectivity index (χ1v) is 10.3. The Kier molecular flexibility index (Phi) is 5.59. The Labute approximate surface area is 177 Å². The third-order valence-corrected chi connectivity index (χ3v) is 5.83. The number of carbonyl (C=O) groups excluding carboxylic acids is 1. The van der Waals surface area contributed by atoms with Gasteiger partial charge in [-0.25, -0.2) is 4.79 Å². The van der Waals surface area contributed by atoms with Gasteiger partial charge in [0.25, 0.3) is 0 Å². The second-order valence-corrected chi connectivity index (χ2v) is 8.26. The average molecular weight is 405 g/mol. The Morgan fingerprint density at radius 2 is 1.72 bits per heavy atom. The highest BCUT2D eigenvalue weighted by molar-refractivity contribution is 6.30. The molecular weight excluding hydrogens is 380 g/mol. The fourth-order valence-corrected chi connectivity index (χ4v) is 4.33. The van der Waals surface area contributed by atoms with Crippen LogP contribution in [0.1, 0.15) is 33.7 Å². The van der Waals surface area contributed by atoms with Gasteiger partial charge in [0.1, 0.15) is 0 Å². The smallest absolute Gasteiger partial charge is 0.321 e. The van der Waals surface area contributed by atoms with E-state index in [0.717, 1.165) is 30.0 Å². The van der Waals surface area contributed by atoms with Gasteiger partial charge in [-0.3, -0.25) is 0 Å². The third kappa shape index (κ3) is 4.30. The second-order valence-electron chi connectivity index (χ2n) is 7.82. The Morgan fingerprint density at radius 3 is 2.55 bits per heavy atom. The van der Waals surface area contributed by atoms with Crippen LogP contribution in [0.3, 0.4) is 0 Å². The molecule has 148 valence electrons. The molecule has 1 N–H and O–H groups in total. The lowest BCUT2D eigenvalue weighted by Gasteiger charge is -2.21. The molecule has 4 rings (SSSR count). The number of fused-ring (bicyclic) bond motifs is 2. The van der Waals surface area contributed by atoms with Crippen LogP contribution in [0.4, 0.5) is 10.5 Å². The molecular formula is C25H25ClN2O. The summed E-state index contributed by atoms with van der Waals surface area (Å²) in [4.78, 5) is 13.6. The van der Waals surface area contributed by atoms with Crippen LogP contribution in [-0.4, -0.2) is 25.0 Å². The number of anilines is 1. The SMILES string of the molecule is CN(C)C(=O)Nc1cccc(CC2c3ccccc3CCc3cc(Cl)ccc32)c1. The molecule has 1 aliphatic rings. The maximum absolute atomic E-state index is 12.0. The van der Waals surface area contributed by atoms with Gasteiger partial charge in [0.2, 0.25) is 0 Å². The van der Waals surface area contributed by atoms with E-state index >= 15 is 0 Å². The number of nitrogens with one attached hydrogen (secondary N) is 1. The van der Waals surface area contributed by atoms with Crippen LogP contribution in [-0.2, 0) is 19.3 Å². The normalized spacial score (nSPS) is 15.1. The van der Waals surface area contributed by atoms with E-state index in [1.807, 2.05) is 18.2 Å². The van der Waals surface area contributed by atoms with Crippen LogP contribution < -0.4 is 5.32 Å². The van der Waals surface area contributed by atoms with Gasteiger partial charge in [-0.1, -0.05) is 54.1 Å². The number of aryl methyl sites for hydroxylation is 2. The van der Waals surface area contributed by atoms with Gasteiger partial charge < -0.3 is 10.2 Å². The van der Waals surface area contributed by atoms with Crippen molar-refractivity contribution in [3.63, 3.8) is 0 Å². The van der Waals surface area contributed by atoms with Crippen LogP contribution in [0.5, 0.6) is 0 Å². The van der Waals surface area contributed by atoms with Gasteiger partial charge in [-0.15, -0.1) is 0 Å². The minimum Gasteiger partial charge on any atom is -0.331 e. The fourth-order valence-electron chi connectivity index (χ4n) is 4.14. The van der Waals surface area contributed by atoms with Crippen LogP contribution in [0, 0.1) is 0 Å². The molecule has 3 nitrogen and oxygen atoms in total. The Bertz CT molecular complexity index is 1040. The summed E-state index contributed by atoms with van der Waals surface area (Å²) in [6.45, 7) is 0. The number of hydrogen-bond acceptors (Lipinski definition) is 1. The quantitative estimate of drug-likeness (QED) is 0.578. The summed E-state index contributed by atoms with van der Waals surface area (Å²) >= 11 is 6.30. The number of nitrogens with zero attached hydrogens (tertiary/aromatic N) is 1. The monoisotopic (exact) mass is 404 g/mol. The summed E-state index contributed by atoms with van der Waals surface area (Å²) in [5.41, 5.74) is 7.49. The summed E-state index contributed by atoms with van der Waals surface area (Å²) in [5, 5.41) is 3.74. The first-order chi connectivity index (χ1) is 14.0. The Balaban J connectivity index is 1.71. The number of amides is 2. The lowest BCUT2D eigenvalue weighted by Crippen LogP contribution is -2.27. The van der Waals surface area contributed by atoms with Crippen molar-refractivity contribution in [2.75, 3.05) is 19.4 Å². The summed E-state index contributed by atoms with van der Waals surface area (Å²) in [5.74, 6) is 0.265. The molecule has 0 bridgehead atoms. The molecule has 2 amide bonds. The Morgan fingerprint density at radius 1 is 0.966 bits per heavy atom. The average Bonchev–Trinajstić information content (AvgIpc) is 2.85. The molecule has 0 radical (unpaired) electrons. The van der Waals surface area contributed by atoms with Gasteiger partial charge in [0, 0.05) is 30.7 Å². The maximum atomic E-state index is 12.0. The van der Waals surface area contributed by atoms with Crippen molar-refractivity contribution in [3.8, 4) is 0 Å². The summed E-state index contributed by atoms with van der Waals surface area (Å²) in [7, 11) is 3.48. The van der Waals surface area contributed by atoms with Crippen LogP contribution >= 0.6 is 11.6 Å². The van der Waals surface area contributed by atoms with E-state index in [1.54, 1.807) is 14.1 Å². The van der Waals surface area contributed by atoms with Crippen molar-refractivity contribution in [1.29, 1.82) is 0 Å². The zero-order valence-electron chi connectivity index (χ0n) is 16.8. The molecule has 0 spiro atoms. The van der Waals surface area contributed by atoms with Crippen molar-refractivity contribution in [3.05, 3.63) is 99.6 Å². The van der Waals surface area contributed by atoms with E-state index in [1.165, 1.54) is 32.7 Å². The predicted octanol–water partition coefficient (Wildman–Crippen LogP) is 5.91. The topological polar surface area (TPSA) is 32.3 Å². The van der Waals surface area contributed by atoms with Gasteiger partial charge in [-0.05, 0) is 71.3 Å². The Hall–Kier alpha value is -2.78. The first kappa shape index (κ1) is 19.5. The zero-order chi connectivity index (χ0) is 20.4. The predicted molar refractivity (Wildman–Crippen MR) is 120 cm³/mol. The van der Waals surface area contributed by atoms with E-state index < -0.39 is 0 Å². The maximum Gasteiger partial charge on any atom is 0.321 e. The molecule has 0 heterocycles. The zero-order valence-corrected chi connectivity index (χ0v) is 17.5. The van der Waals surface area contributed by atoms with Crippen molar-refractivity contribution in [2.45, 2.75) is 25.2 Å². The summed E-state index contributed by atoms with van der Waals surface area (Å²) in [6.07, 6.45) is 2.90. The van der Waals surface area contributed by atoms with Crippen molar-refractivity contribution in [2.24, 2.45) is 0 Å². The standard InChI is InChI=1S/C25H25ClN2O/c1-28(2)25(29)27-21-8-5-6-17(14-21)15-24-22-9-4-3-7-18(22)10-11-19-16-20(26)12-13-23(19)24/h3-9,12-14,16,24H,10-11,15H2,1-2H3,(H,27,29). The van der Waals surface area contributed by atoms with Crippen molar-refractivity contribution in [1.82, 2.24) is 4.90 Å². The molecule has 0 fully saturated rings. The largest absolute Gasteiger partial charge is 0.331 e. The van der Waals surface area contributed by atoms with Crippen LogP contribution in [0.15, 0.2) is 66.7 Å². The molecule has 0 saturated carbocycles. The number of urea groups is 1. The lowest BCUT2D eigenvalue weighted by molar-refractivity contribution is 0.230. The van der Waals surface area contributed by atoms with Gasteiger partial charge >= 0.3 is 6.03 Å². The highest BCUT2D eigenvalue weighted by Crippen LogP contribution is 2.37. The molecule has 29 heavy (non-hydrogen) atoms. The number of hydrogen-bond donors (Lipinski definition) is 1. The molecule has 1 unspecified atom stereocenters. The van der Waals surface area contributed by atoms with Crippen LogP contribution in [0.25, 0.3) is 0 Å². The highest BCUT2D eigenvalue weighted by atomic mass is 35.5. The molecule has 3 aromatic rings. The van der Waals surface area contributed by atoms with E-state index in [9.17, 15) is 4.79 Å². The molecule has 1 aliphatic carbocycles. The molecule has 3 aromatic carbocycles. The van der Waals surface area contributed by atoms with E-state index in [4.69, 9.17) is 11.6 Å². The lowest BCUT2D eigenvalue weighted by atomic mass is 9.83. The van der Waals surface area contributed by atoms with E-state index in [2.05, 4.69) is 53.8 Å². The molecule has 0 aliphatic heterocycles.